The van der Waals surface area contributed by atoms with E-state index in [1.54, 1.807) is 0 Å². The van der Waals surface area contributed by atoms with Crippen molar-refractivity contribution in [1.29, 1.82) is 0 Å². The van der Waals surface area contributed by atoms with Gasteiger partial charge in [0.15, 0.2) is 0 Å². The number of hydrogen-bond acceptors (Lipinski definition) is 2. The Balaban J connectivity index is 2.16. The van der Waals surface area contributed by atoms with Gasteiger partial charge in [0, 0.05) is 17.2 Å². The molecule has 0 saturated heterocycles. The summed E-state index contributed by atoms with van der Waals surface area (Å²) in [5.41, 5.74) is 3.48. The number of rotatable bonds is 6. The van der Waals surface area contributed by atoms with Crippen molar-refractivity contribution in [3.8, 4) is 5.69 Å². The molecule has 1 N–H and O–H groups in total. The molecular formula is C16H22BrN3. The van der Waals surface area contributed by atoms with Gasteiger partial charge in [-0.05, 0) is 58.6 Å². The molecule has 0 bridgehead atoms. The molecule has 4 heteroatoms. The summed E-state index contributed by atoms with van der Waals surface area (Å²) in [6.45, 7) is 8.45. The highest BCUT2D eigenvalue weighted by Crippen LogP contribution is 2.23. The second-order valence-corrected chi connectivity index (χ2v) is 6.16. The van der Waals surface area contributed by atoms with Crippen LogP contribution in [0.15, 0.2) is 34.9 Å². The molecule has 0 fully saturated rings. The first-order chi connectivity index (χ1) is 9.61. The molecule has 108 valence electrons. The lowest BCUT2D eigenvalue weighted by Crippen LogP contribution is -2.13. The number of nitrogens with zero attached hydrogens (tertiary/aromatic N) is 2. The summed E-state index contributed by atoms with van der Waals surface area (Å²) >= 11 is 3.65. The zero-order valence-electron chi connectivity index (χ0n) is 12.4. The molecule has 2 rings (SSSR count). The van der Waals surface area contributed by atoms with E-state index in [9.17, 15) is 0 Å². The van der Waals surface area contributed by atoms with Crippen molar-refractivity contribution in [3.63, 3.8) is 0 Å². The molecule has 0 aliphatic carbocycles. The molecule has 1 aromatic carbocycles. The number of aromatic nitrogens is 2. The molecule has 0 aliphatic rings. The average Bonchev–Trinajstić information content (AvgIpc) is 2.89. The predicted molar refractivity (Wildman–Crippen MR) is 87.4 cm³/mol. The van der Waals surface area contributed by atoms with Gasteiger partial charge in [0.1, 0.15) is 0 Å². The van der Waals surface area contributed by atoms with E-state index in [1.165, 1.54) is 5.56 Å². The number of benzene rings is 1. The lowest BCUT2D eigenvalue weighted by atomic mass is 10.1. The van der Waals surface area contributed by atoms with E-state index in [4.69, 9.17) is 0 Å². The van der Waals surface area contributed by atoms with Gasteiger partial charge >= 0.3 is 0 Å². The maximum atomic E-state index is 4.62. The Bertz CT molecular complexity index is 561. The highest BCUT2D eigenvalue weighted by Gasteiger charge is 2.08. The van der Waals surface area contributed by atoms with Crippen molar-refractivity contribution in [2.75, 3.05) is 6.54 Å². The third-order valence-electron chi connectivity index (χ3n) is 3.22. The van der Waals surface area contributed by atoms with Crippen molar-refractivity contribution in [2.45, 2.75) is 39.7 Å². The molecule has 3 nitrogen and oxygen atoms in total. The van der Waals surface area contributed by atoms with Crippen LogP contribution >= 0.6 is 15.9 Å². The van der Waals surface area contributed by atoms with Crippen molar-refractivity contribution < 1.29 is 0 Å². The van der Waals surface area contributed by atoms with Crippen LogP contribution in [-0.4, -0.2) is 16.3 Å². The fourth-order valence-corrected chi connectivity index (χ4v) is 2.64. The monoisotopic (exact) mass is 335 g/mol. The summed E-state index contributed by atoms with van der Waals surface area (Å²) < 4.78 is 3.01. The number of hydrogen-bond donors (Lipinski definition) is 1. The molecule has 0 atom stereocenters. The highest BCUT2D eigenvalue weighted by atomic mass is 79.9. The summed E-state index contributed by atoms with van der Waals surface area (Å²) in [7, 11) is 0. The molecule has 2 aromatic rings. The van der Waals surface area contributed by atoms with E-state index in [-0.39, 0.29) is 0 Å². The Morgan fingerprint density at radius 1 is 1.30 bits per heavy atom. The van der Waals surface area contributed by atoms with Gasteiger partial charge in [0.25, 0.3) is 0 Å². The van der Waals surface area contributed by atoms with E-state index in [0.717, 1.165) is 35.4 Å². The highest BCUT2D eigenvalue weighted by molar-refractivity contribution is 9.10. The first kappa shape index (κ1) is 15.3. The first-order valence-electron chi connectivity index (χ1n) is 7.17. The standard InChI is InChI=1S/C16H22BrN3/c1-4-8-18-11-13-5-6-16(14(17)10-13)20-9-7-15(19-20)12(2)3/h5-7,9-10,12,18H,4,8,11H2,1-3H3. The average molecular weight is 336 g/mol. The van der Waals surface area contributed by atoms with E-state index < -0.39 is 0 Å². The van der Waals surface area contributed by atoms with Gasteiger partial charge in [0.2, 0.25) is 0 Å². The zero-order valence-corrected chi connectivity index (χ0v) is 13.9. The summed E-state index contributed by atoms with van der Waals surface area (Å²) in [4.78, 5) is 0. The topological polar surface area (TPSA) is 29.9 Å². The van der Waals surface area contributed by atoms with Gasteiger partial charge in [-0.25, -0.2) is 4.68 Å². The summed E-state index contributed by atoms with van der Waals surface area (Å²) in [6, 6.07) is 8.51. The molecule has 0 aliphatic heterocycles. The van der Waals surface area contributed by atoms with Crippen molar-refractivity contribution in [3.05, 3.63) is 46.2 Å². The summed E-state index contributed by atoms with van der Waals surface area (Å²) in [5.74, 6) is 0.451. The molecule has 1 aromatic heterocycles. The van der Waals surface area contributed by atoms with Crippen LogP contribution in [0.4, 0.5) is 0 Å². The quantitative estimate of drug-likeness (QED) is 0.799. The van der Waals surface area contributed by atoms with E-state index >= 15 is 0 Å². The molecule has 0 saturated carbocycles. The fraction of sp³-hybridized carbons (Fsp3) is 0.438. The Labute approximate surface area is 129 Å². The molecule has 0 spiro atoms. The SMILES string of the molecule is CCCNCc1ccc(-n2ccc(C(C)C)n2)c(Br)c1. The molecule has 0 radical (unpaired) electrons. The van der Waals surface area contributed by atoms with Crippen LogP contribution in [0.5, 0.6) is 0 Å². The summed E-state index contributed by atoms with van der Waals surface area (Å²) in [6.07, 6.45) is 3.18. The Morgan fingerprint density at radius 2 is 2.10 bits per heavy atom. The van der Waals surface area contributed by atoms with Gasteiger partial charge in [-0.3, -0.25) is 0 Å². The smallest absolute Gasteiger partial charge is 0.0787 e. The first-order valence-corrected chi connectivity index (χ1v) is 7.96. The van der Waals surface area contributed by atoms with Gasteiger partial charge in [0.05, 0.1) is 11.4 Å². The van der Waals surface area contributed by atoms with Crippen LogP contribution in [0.1, 0.15) is 44.4 Å². The minimum atomic E-state index is 0.451. The molecule has 1 heterocycles. The van der Waals surface area contributed by atoms with Crippen LogP contribution in [0.3, 0.4) is 0 Å². The van der Waals surface area contributed by atoms with Crippen LogP contribution < -0.4 is 5.32 Å². The third-order valence-corrected chi connectivity index (χ3v) is 3.85. The molecule has 0 amide bonds. The third kappa shape index (κ3) is 3.70. The minimum Gasteiger partial charge on any atom is -0.313 e. The van der Waals surface area contributed by atoms with Gasteiger partial charge < -0.3 is 5.32 Å². The predicted octanol–water partition coefficient (Wildman–Crippen LogP) is 4.26. The van der Waals surface area contributed by atoms with Gasteiger partial charge in [-0.1, -0.05) is 26.8 Å². The van der Waals surface area contributed by atoms with E-state index in [1.807, 2.05) is 10.9 Å². The molecule has 0 unspecified atom stereocenters. The molecule has 20 heavy (non-hydrogen) atoms. The number of nitrogens with one attached hydrogen (secondary N) is 1. The fourth-order valence-electron chi connectivity index (χ4n) is 2.04. The number of halogens is 1. The second-order valence-electron chi connectivity index (χ2n) is 5.30. The Morgan fingerprint density at radius 3 is 2.70 bits per heavy atom. The second kappa shape index (κ2) is 7.04. The zero-order chi connectivity index (χ0) is 14.5. The van der Waals surface area contributed by atoms with Crippen LogP contribution in [0.25, 0.3) is 5.69 Å². The van der Waals surface area contributed by atoms with Gasteiger partial charge in [-0.2, -0.15) is 5.10 Å². The lowest BCUT2D eigenvalue weighted by Gasteiger charge is -2.08. The van der Waals surface area contributed by atoms with Crippen LogP contribution in [-0.2, 0) is 6.54 Å². The Kier molecular flexibility index (Phi) is 5.38. The van der Waals surface area contributed by atoms with E-state index in [0.29, 0.717) is 5.92 Å². The molecular weight excluding hydrogens is 314 g/mol. The summed E-state index contributed by atoms with van der Waals surface area (Å²) in [5, 5.41) is 8.03. The lowest BCUT2D eigenvalue weighted by molar-refractivity contribution is 0.675. The van der Waals surface area contributed by atoms with Crippen molar-refractivity contribution in [2.24, 2.45) is 0 Å². The van der Waals surface area contributed by atoms with Gasteiger partial charge in [-0.15, -0.1) is 0 Å². The maximum Gasteiger partial charge on any atom is 0.0787 e. The largest absolute Gasteiger partial charge is 0.313 e. The maximum absolute atomic E-state index is 4.62. The van der Waals surface area contributed by atoms with Crippen LogP contribution in [0.2, 0.25) is 0 Å². The van der Waals surface area contributed by atoms with Crippen LogP contribution in [0, 0.1) is 0 Å². The van der Waals surface area contributed by atoms with E-state index in [2.05, 4.69) is 71.4 Å². The Hall–Kier alpha value is -1.13. The normalized spacial score (nSPS) is 11.2. The van der Waals surface area contributed by atoms with Crippen molar-refractivity contribution >= 4 is 15.9 Å². The van der Waals surface area contributed by atoms with Crippen molar-refractivity contribution in [1.82, 2.24) is 15.1 Å². The minimum absolute atomic E-state index is 0.451.